The molecule has 0 fully saturated rings. The van der Waals surface area contributed by atoms with Crippen LogP contribution in [-0.4, -0.2) is 34.7 Å². The first kappa shape index (κ1) is 16.7. The second kappa shape index (κ2) is 5.55. The van der Waals surface area contributed by atoms with E-state index in [9.17, 15) is 22.8 Å². The molecule has 2 unspecified atom stereocenters. The number of hydrogen-bond donors (Lipinski definition) is 3. The van der Waals surface area contributed by atoms with Crippen molar-refractivity contribution in [3.63, 3.8) is 0 Å². The molecule has 0 aliphatic heterocycles. The van der Waals surface area contributed by atoms with Gasteiger partial charge in [-0.05, 0) is 12.8 Å². The lowest BCUT2D eigenvalue weighted by Crippen LogP contribution is -2.62. The van der Waals surface area contributed by atoms with Crippen molar-refractivity contribution in [3.8, 4) is 0 Å². The molecule has 5 nitrogen and oxygen atoms in total. The van der Waals surface area contributed by atoms with Crippen LogP contribution in [0.5, 0.6) is 0 Å². The first-order valence-electron chi connectivity index (χ1n) is 5.28. The Bertz CT molecular complexity index is 331. The molecule has 2 atom stereocenters. The molecule has 106 valence electrons. The molecule has 0 heterocycles. The van der Waals surface area contributed by atoms with Crippen LogP contribution in [0.25, 0.3) is 0 Å². The minimum Gasteiger partial charge on any atom is -0.479 e. The van der Waals surface area contributed by atoms with Gasteiger partial charge in [0.05, 0.1) is 0 Å². The Labute approximate surface area is 103 Å². The maximum absolute atomic E-state index is 12.6. The number of aliphatic carboxylic acids is 1. The van der Waals surface area contributed by atoms with Gasteiger partial charge >= 0.3 is 12.1 Å². The highest BCUT2D eigenvalue weighted by molar-refractivity contribution is 5.87. The van der Waals surface area contributed by atoms with Crippen molar-refractivity contribution in [2.45, 2.75) is 44.9 Å². The zero-order valence-corrected chi connectivity index (χ0v) is 10.3. The molecule has 1 amide bonds. The Morgan fingerprint density at radius 3 is 2.06 bits per heavy atom. The van der Waals surface area contributed by atoms with Crippen LogP contribution in [0.1, 0.15) is 27.2 Å². The highest BCUT2D eigenvalue weighted by Gasteiger charge is 2.58. The molecule has 8 heteroatoms. The number of nitrogens with one attached hydrogen (secondary N) is 1. The van der Waals surface area contributed by atoms with Crippen molar-refractivity contribution in [3.05, 3.63) is 0 Å². The van der Waals surface area contributed by atoms with Crippen LogP contribution in [0.2, 0.25) is 0 Å². The standard InChI is InChI=1S/C10H17F3N2O3/c1-5(2)6(14)4-7(16)15-9(3,8(17)18)10(11,12)13/h5-6H,4,14H2,1-3H3,(H,15,16)(H,17,18). The highest BCUT2D eigenvalue weighted by atomic mass is 19.4. The largest absolute Gasteiger partial charge is 0.479 e. The average Bonchev–Trinajstić information content (AvgIpc) is 2.14. The van der Waals surface area contributed by atoms with Gasteiger partial charge in [-0.15, -0.1) is 0 Å². The van der Waals surface area contributed by atoms with Crippen molar-refractivity contribution >= 4 is 11.9 Å². The summed E-state index contributed by atoms with van der Waals surface area (Å²) in [5.41, 5.74) is 2.23. The Morgan fingerprint density at radius 1 is 1.33 bits per heavy atom. The van der Waals surface area contributed by atoms with E-state index in [-0.39, 0.29) is 12.3 Å². The van der Waals surface area contributed by atoms with E-state index in [0.29, 0.717) is 6.92 Å². The topological polar surface area (TPSA) is 92.4 Å². The summed E-state index contributed by atoms with van der Waals surface area (Å²) in [6, 6.07) is -0.628. The smallest absolute Gasteiger partial charge is 0.422 e. The Morgan fingerprint density at radius 2 is 1.78 bits per heavy atom. The quantitative estimate of drug-likeness (QED) is 0.691. The van der Waals surface area contributed by atoms with Crippen LogP contribution in [0.3, 0.4) is 0 Å². The lowest BCUT2D eigenvalue weighted by Gasteiger charge is -2.29. The SMILES string of the molecule is CC(C)C(N)CC(=O)NC(C)(C(=O)O)C(F)(F)F. The summed E-state index contributed by atoms with van der Waals surface area (Å²) < 4.78 is 37.8. The van der Waals surface area contributed by atoms with E-state index >= 15 is 0 Å². The van der Waals surface area contributed by atoms with E-state index in [1.54, 1.807) is 13.8 Å². The van der Waals surface area contributed by atoms with Gasteiger partial charge in [0, 0.05) is 12.5 Å². The zero-order chi connectivity index (χ0) is 14.7. The van der Waals surface area contributed by atoms with E-state index in [1.165, 1.54) is 5.32 Å². The van der Waals surface area contributed by atoms with Crippen molar-refractivity contribution in [1.29, 1.82) is 0 Å². The fourth-order valence-electron chi connectivity index (χ4n) is 1.03. The van der Waals surface area contributed by atoms with Gasteiger partial charge in [0.15, 0.2) is 0 Å². The van der Waals surface area contributed by atoms with Gasteiger partial charge in [-0.2, -0.15) is 13.2 Å². The summed E-state index contributed by atoms with van der Waals surface area (Å²) >= 11 is 0. The Balaban J connectivity index is 4.83. The summed E-state index contributed by atoms with van der Waals surface area (Å²) in [6.45, 7) is 3.81. The molecular weight excluding hydrogens is 253 g/mol. The van der Waals surface area contributed by atoms with Crippen LogP contribution in [0.15, 0.2) is 0 Å². The summed E-state index contributed by atoms with van der Waals surface area (Å²) in [6.07, 6.45) is -5.45. The maximum atomic E-state index is 12.6. The number of carbonyl (C=O) groups is 2. The van der Waals surface area contributed by atoms with E-state index in [2.05, 4.69) is 0 Å². The summed E-state index contributed by atoms with van der Waals surface area (Å²) in [5, 5.41) is 10.1. The van der Waals surface area contributed by atoms with Crippen LogP contribution >= 0.6 is 0 Å². The van der Waals surface area contributed by atoms with Crippen LogP contribution in [-0.2, 0) is 9.59 Å². The number of halogens is 3. The van der Waals surface area contributed by atoms with Gasteiger partial charge < -0.3 is 16.2 Å². The monoisotopic (exact) mass is 270 g/mol. The Kier molecular flexibility index (Phi) is 5.15. The van der Waals surface area contributed by atoms with Crippen molar-refractivity contribution in [2.75, 3.05) is 0 Å². The minimum absolute atomic E-state index is 0.0993. The molecule has 0 saturated heterocycles. The molecule has 0 saturated carbocycles. The number of amides is 1. The molecule has 0 aliphatic carbocycles. The van der Waals surface area contributed by atoms with Gasteiger partial charge in [0.1, 0.15) is 0 Å². The molecule has 0 aliphatic rings. The fraction of sp³-hybridized carbons (Fsp3) is 0.800. The molecular formula is C10H17F3N2O3. The predicted octanol–water partition coefficient (Wildman–Crippen LogP) is 0.882. The second-order valence-corrected chi connectivity index (χ2v) is 4.59. The lowest BCUT2D eigenvalue weighted by molar-refractivity contribution is -0.207. The number of alkyl halides is 3. The average molecular weight is 270 g/mol. The number of carbonyl (C=O) groups excluding carboxylic acids is 1. The highest BCUT2D eigenvalue weighted by Crippen LogP contribution is 2.30. The molecule has 0 aromatic carbocycles. The molecule has 0 bridgehead atoms. The van der Waals surface area contributed by atoms with E-state index in [1.807, 2.05) is 0 Å². The summed E-state index contributed by atoms with van der Waals surface area (Å²) in [4.78, 5) is 22.0. The van der Waals surface area contributed by atoms with E-state index < -0.39 is 29.6 Å². The number of carboxylic acid groups (broad SMARTS) is 1. The summed E-state index contributed by atoms with van der Waals surface area (Å²) in [5.74, 6) is -3.31. The van der Waals surface area contributed by atoms with E-state index in [4.69, 9.17) is 10.8 Å². The fourth-order valence-corrected chi connectivity index (χ4v) is 1.03. The normalized spacial score (nSPS) is 17.1. The van der Waals surface area contributed by atoms with Crippen LogP contribution in [0.4, 0.5) is 13.2 Å². The van der Waals surface area contributed by atoms with Crippen molar-refractivity contribution in [1.82, 2.24) is 5.32 Å². The van der Waals surface area contributed by atoms with E-state index in [0.717, 1.165) is 0 Å². The second-order valence-electron chi connectivity index (χ2n) is 4.59. The van der Waals surface area contributed by atoms with Gasteiger partial charge in [-0.25, -0.2) is 4.79 Å². The molecule has 18 heavy (non-hydrogen) atoms. The minimum atomic E-state index is -5.09. The number of carboxylic acids is 1. The van der Waals surface area contributed by atoms with Gasteiger partial charge in [-0.1, -0.05) is 13.8 Å². The zero-order valence-electron chi connectivity index (χ0n) is 10.3. The van der Waals surface area contributed by atoms with Gasteiger partial charge in [0.2, 0.25) is 11.4 Å². The summed E-state index contributed by atoms with van der Waals surface area (Å²) in [7, 11) is 0. The Hall–Kier alpha value is -1.31. The number of rotatable bonds is 5. The van der Waals surface area contributed by atoms with Gasteiger partial charge in [0.25, 0.3) is 0 Å². The third-order valence-electron chi connectivity index (χ3n) is 2.66. The van der Waals surface area contributed by atoms with Gasteiger partial charge in [-0.3, -0.25) is 4.79 Å². The maximum Gasteiger partial charge on any atom is 0.422 e. The predicted molar refractivity (Wildman–Crippen MR) is 57.7 cm³/mol. The number of hydrogen-bond acceptors (Lipinski definition) is 3. The van der Waals surface area contributed by atoms with Crippen LogP contribution < -0.4 is 11.1 Å². The molecule has 0 rings (SSSR count). The lowest BCUT2D eigenvalue weighted by atomic mass is 9.98. The third-order valence-corrected chi connectivity index (χ3v) is 2.66. The number of nitrogens with two attached hydrogens (primary N) is 1. The van der Waals surface area contributed by atoms with Crippen molar-refractivity contribution < 1.29 is 27.9 Å². The molecule has 0 aromatic rings. The molecule has 4 N–H and O–H groups in total. The first-order chi connectivity index (χ1) is 7.91. The van der Waals surface area contributed by atoms with Crippen molar-refractivity contribution in [2.24, 2.45) is 11.7 Å². The molecule has 0 aromatic heterocycles. The molecule has 0 radical (unpaired) electrons. The third kappa shape index (κ3) is 3.86. The first-order valence-corrected chi connectivity index (χ1v) is 5.28. The molecule has 0 spiro atoms. The van der Waals surface area contributed by atoms with Crippen LogP contribution in [0, 0.1) is 5.92 Å².